The van der Waals surface area contributed by atoms with Crippen molar-refractivity contribution in [3.63, 3.8) is 0 Å². The number of nitro groups is 1. The molecular formula is C22H24N4O4S. The number of piperazine rings is 1. The van der Waals surface area contributed by atoms with Crippen molar-refractivity contribution in [2.75, 3.05) is 48.3 Å². The van der Waals surface area contributed by atoms with Gasteiger partial charge in [-0.2, -0.15) is 0 Å². The van der Waals surface area contributed by atoms with E-state index in [2.05, 4.69) is 0 Å². The Morgan fingerprint density at radius 3 is 2.45 bits per heavy atom. The van der Waals surface area contributed by atoms with E-state index in [-0.39, 0.29) is 17.5 Å². The van der Waals surface area contributed by atoms with Gasteiger partial charge in [-0.1, -0.05) is 12.1 Å². The summed E-state index contributed by atoms with van der Waals surface area (Å²) in [7, 11) is 0. The summed E-state index contributed by atoms with van der Waals surface area (Å²) in [5.74, 6) is 0.698. The Labute approximate surface area is 185 Å². The highest BCUT2D eigenvalue weighted by atomic mass is 32.2. The zero-order chi connectivity index (χ0) is 22.0. The van der Waals surface area contributed by atoms with E-state index < -0.39 is 4.92 Å². The zero-order valence-corrected chi connectivity index (χ0v) is 18.1. The molecule has 0 saturated carbocycles. The molecule has 2 amide bonds. The minimum Gasteiger partial charge on any atom is -0.362 e. The van der Waals surface area contributed by atoms with Crippen LogP contribution in [-0.2, 0) is 4.79 Å². The fourth-order valence-corrected chi connectivity index (χ4v) is 5.02. The predicted molar refractivity (Wildman–Crippen MR) is 121 cm³/mol. The second kappa shape index (κ2) is 8.97. The third kappa shape index (κ3) is 4.36. The number of fused-ring (bicyclic) bond motifs is 1. The standard InChI is InChI=1S/C22H24N4O4S/c1-16(27)23-10-12-24(13-11-23)18-8-7-17(15-20(18)26(29)30)22(28)25-9-4-14-31-21-6-3-2-5-19(21)25/h2-3,5-8,15H,4,9-14H2,1H3. The molecule has 0 radical (unpaired) electrons. The number of nitro benzene ring substituents is 1. The van der Waals surface area contributed by atoms with E-state index in [1.165, 1.54) is 13.0 Å². The Morgan fingerprint density at radius 2 is 1.74 bits per heavy atom. The molecule has 0 aliphatic carbocycles. The van der Waals surface area contributed by atoms with Gasteiger partial charge in [0, 0.05) is 56.2 Å². The highest BCUT2D eigenvalue weighted by Gasteiger charge is 2.28. The molecule has 2 aromatic rings. The highest BCUT2D eigenvalue weighted by Crippen LogP contribution is 2.36. The molecule has 2 aliphatic rings. The van der Waals surface area contributed by atoms with Crippen molar-refractivity contribution in [3.8, 4) is 0 Å². The Bertz CT molecular complexity index is 1020. The van der Waals surface area contributed by atoms with Crippen molar-refractivity contribution in [2.24, 2.45) is 0 Å². The molecule has 1 saturated heterocycles. The lowest BCUT2D eigenvalue weighted by Gasteiger charge is -2.35. The van der Waals surface area contributed by atoms with Crippen LogP contribution in [0.4, 0.5) is 17.1 Å². The highest BCUT2D eigenvalue weighted by molar-refractivity contribution is 7.99. The molecule has 1 fully saturated rings. The fraction of sp³-hybridized carbons (Fsp3) is 0.364. The number of hydrogen-bond donors (Lipinski definition) is 0. The van der Waals surface area contributed by atoms with Gasteiger partial charge >= 0.3 is 0 Å². The van der Waals surface area contributed by atoms with Crippen LogP contribution in [0, 0.1) is 10.1 Å². The molecule has 0 bridgehead atoms. The van der Waals surface area contributed by atoms with Crippen LogP contribution in [0.2, 0.25) is 0 Å². The van der Waals surface area contributed by atoms with Crippen LogP contribution in [0.25, 0.3) is 0 Å². The van der Waals surface area contributed by atoms with Gasteiger partial charge in [0.15, 0.2) is 0 Å². The average molecular weight is 441 g/mol. The van der Waals surface area contributed by atoms with Gasteiger partial charge in [-0.3, -0.25) is 19.7 Å². The van der Waals surface area contributed by atoms with Crippen molar-refractivity contribution in [3.05, 3.63) is 58.1 Å². The summed E-state index contributed by atoms with van der Waals surface area (Å²) in [5.41, 5.74) is 1.55. The molecule has 162 valence electrons. The molecule has 0 spiro atoms. The lowest BCUT2D eigenvalue weighted by Crippen LogP contribution is -2.48. The number of anilines is 2. The van der Waals surface area contributed by atoms with E-state index in [0.717, 1.165) is 22.8 Å². The summed E-state index contributed by atoms with van der Waals surface area (Å²) in [6, 6.07) is 12.5. The van der Waals surface area contributed by atoms with Crippen molar-refractivity contribution >= 4 is 40.6 Å². The van der Waals surface area contributed by atoms with Crippen LogP contribution in [0.15, 0.2) is 47.4 Å². The summed E-state index contributed by atoms with van der Waals surface area (Å²) in [6.07, 6.45) is 0.853. The average Bonchev–Trinajstić information content (AvgIpc) is 3.01. The molecular weight excluding hydrogens is 416 g/mol. The quantitative estimate of drug-likeness (QED) is 0.537. The normalized spacial score (nSPS) is 16.5. The van der Waals surface area contributed by atoms with Crippen LogP contribution >= 0.6 is 11.8 Å². The molecule has 2 heterocycles. The SMILES string of the molecule is CC(=O)N1CCN(c2ccc(C(=O)N3CCCSc4ccccc43)cc2[N+](=O)[O-])CC1. The fourth-order valence-electron chi connectivity index (χ4n) is 4.03. The Balaban J connectivity index is 1.62. The van der Waals surface area contributed by atoms with Crippen molar-refractivity contribution in [1.82, 2.24) is 4.90 Å². The van der Waals surface area contributed by atoms with Crippen LogP contribution in [0.5, 0.6) is 0 Å². The third-order valence-electron chi connectivity index (χ3n) is 5.67. The second-order valence-corrected chi connectivity index (χ2v) is 8.72. The number of carbonyl (C=O) groups excluding carboxylic acids is 2. The Morgan fingerprint density at radius 1 is 1.00 bits per heavy atom. The lowest BCUT2D eigenvalue weighted by atomic mass is 10.1. The monoisotopic (exact) mass is 440 g/mol. The van der Waals surface area contributed by atoms with Gasteiger partial charge in [0.25, 0.3) is 11.6 Å². The van der Waals surface area contributed by atoms with Gasteiger partial charge in [0.1, 0.15) is 5.69 Å². The topological polar surface area (TPSA) is 87.0 Å². The second-order valence-electron chi connectivity index (χ2n) is 7.58. The molecule has 31 heavy (non-hydrogen) atoms. The van der Waals surface area contributed by atoms with Gasteiger partial charge in [0.05, 0.1) is 10.6 Å². The zero-order valence-electron chi connectivity index (χ0n) is 17.3. The molecule has 0 N–H and O–H groups in total. The summed E-state index contributed by atoms with van der Waals surface area (Å²) in [4.78, 5) is 42.7. The summed E-state index contributed by atoms with van der Waals surface area (Å²) >= 11 is 1.72. The molecule has 0 unspecified atom stereocenters. The first-order valence-electron chi connectivity index (χ1n) is 10.3. The first-order chi connectivity index (χ1) is 15.0. The van der Waals surface area contributed by atoms with E-state index in [1.807, 2.05) is 29.2 Å². The third-order valence-corrected chi connectivity index (χ3v) is 6.82. The smallest absolute Gasteiger partial charge is 0.293 e. The number of carbonyl (C=O) groups is 2. The van der Waals surface area contributed by atoms with Gasteiger partial charge in [-0.25, -0.2) is 0 Å². The molecule has 0 aromatic heterocycles. The molecule has 2 aliphatic heterocycles. The number of amides is 2. The summed E-state index contributed by atoms with van der Waals surface area (Å²) in [5, 5.41) is 11.8. The van der Waals surface area contributed by atoms with Crippen LogP contribution < -0.4 is 9.80 Å². The van der Waals surface area contributed by atoms with Gasteiger partial charge < -0.3 is 14.7 Å². The molecule has 0 atom stereocenters. The minimum atomic E-state index is -0.435. The first-order valence-corrected chi connectivity index (χ1v) is 11.3. The van der Waals surface area contributed by atoms with E-state index in [1.54, 1.807) is 33.7 Å². The van der Waals surface area contributed by atoms with Gasteiger partial charge in [0.2, 0.25) is 5.91 Å². The molecule has 4 rings (SSSR count). The van der Waals surface area contributed by atoms with Crippen LogP contribution in [0.1, 0.15) is 23.7 Å². The van der Waals surface area contributed by atoms with E-state index >= 15 is 0 Å². The van der Waals surface area contributed by atoms with E-state index in [0.29, 0.717) is 44.0 Å². The Hall–Kier alpha value is -3.07. The number of thioether (sulfide) groups is 1. The predicted octanol–water partition coefficient (Wildman–Crippen LogP) is 3.41. The van der Waals surface area contributed by atoms with Gasteiger partial charge in [-0.05, 0) is 36.4 Å². The maximum absolute atomic E-state index is 13.3. The van der Waals surface area contributed by atoms with Gasteiger partial charge in [-0.15, -0.1) is 11.8 Å². The Kier molecular flexibility index (Phi) is 6.13. The maximum atomic E-state index is 13.3. The molecule has 9 heteroatoms. The molecule has 2 aromatic carbocycles. The van der Waals surface area contributed by atoms with E-state index in [9.17, 15) is 19.7 Å². The van der Waals surface area contributed by atoms with Crippen LogP contribution in [-0.4, -0.2) is 60.1 Å². The number of hydrogen-bond acceptors (Lipinski definition) is 6. The number of para-hydroxylation sites is 1. The number of nitrogens with zero attached hydrogens (tertiary/aromatic N) is 4. The van der Waals surface area contributed by atoms with Crippen molar-refractivity contribution in [1.29, 1.82) is 0 Å². The van der Waals surface area contributed by atoms with Crippen molar-refractivity contribution < 1.29 is 14.5 Å². The van der Waals surface area contributed by atoms with E-state index in [4.69, 9.17) is 0 Å². The lowest BCUT2D eigenvalue weighted by molar-refractivity contribution is -0.384. The summed E-state index contributed by atoms with van der Waals surface area (Å²) in [6.45, 7) is 4.18. The summed E-state index contributed by atoms with van der Waals surface area (Å²) < 4.78 is 0. The molecule has 8 nitrogen and oxygen atoms in total. The largest absolute Gasteiger partial charge is 0.362 e. The van der Waals surface area contributed by atoms with Crippen LogP contribution in [0.3, 0.4) is 0 Å². The minimum absolute atomic E-state index is 0.00555. The number of rotatable bonds is 3. The first kappa shape index (κ1) is 21.2. The number of benzene rings is 2. The maximum Gasteiger partial charge on any atom is 0.293 e. The van der Waals surface area contributed by atoms with Crippen molar-refractivity contribution in [2.45, 2.75) is 18.2 Å².